The third kappa shape index (κ3) is 4.45. The second kappa shape index (κ2) is 9.21. The van der Waals surface area contributed by atoms with Crippen LogP contribution in [0.15, 0.2) is 54.6 Å². The van der Waals surface area contributed by atoms with Gasteiger partial charge in [-0.2, -0.15) is 0 Å². The summed E-state index contributed by atoms with van der Waals surface area (Å²) in [4.78, 5) is 0. The smallest absolute Gasteiger partial charge is 0.186 e. The average Bonchev–Trinajstić information content (AvgIpc) is 2.79. The predicted molar refractivity (Wildman–Crippen MR) is 103 cm³/mol. The first-order chi connectivity index (χ1) is 14.2. The largest absolute Gasteiger partial charge is 0.497 e. The van der Waals surface area contributed by atoms with Gasteiger partial charge in [-0.25, -0.2) is 0 Å². The summed E-state index contributed by atoms with van der Waals surface area (Å²) in [7, 11) is 3.14. The molecule has 0 radical (unpaired) electrons. The summed E-state index contributed by atoms with van der Waals surface area (Å²) >= 11 is 0. The van der Waals surface area contributed by atoms with E-state index in [1.54, 1.807) is 7.11 Å². The normalized spacial score (nSPS) is 31.8. The Morgan fingerprint density at radius 1 is 1.00 bits per heavy atom. The van der Waals surface area contributed by atoms with Crippen LogP contribution in [0.1, 0.15) is 17.4 Å². The van der Waals surface area contributed by atoms with Gasteiger partial charge in [0.05, 0.1) is 20.3 Å². The first kappa shape index (κ1) is 20.3. The molecule has 6 atom stereocenters. The predicted octanol–water partition coefficient (Wildman–Crippen LogP) is 2.43. The Labute approximate surface area is 170 Å². The molecule has 2 aromatic carbocycles. The summed E-state index contributed by atoms with van der Waals surface area (Å²) in [5, 5.41) is 11.0. The second-order valence-electron chi connectivity index (χ2n) is 7.07. The summed E-state index contributed by atoms with van der Waals surface area (Å²) in [6, 6.07) is 17.2. The zero-order chi connectivity index (χ0) is 20.2. The van der Waals surface area contributed by atoms with Crippen molar-refractivity contribution >= 4 is 0 Å². The number of hydrogen-bond acceptors (Lipinski definition) is 7. The Kier molecular flexibility index (Phi) is 6.44. The van der Waals surface area contributed by atoms with Gasteiger partial charge in [-0.05, 0) is 17.7 Å². The molecular weight excluding hydrogens is 376 g/mol. The molecule has 2 aromatic rings. The minimum absolute atomic E-state index is 0.281. The standard InChI is InChI=1S/C22H26O7/c1-24-16-10-8-15(9-11-16)21-27-13-17-19(29-21)18(23)20(22(25-2)28-17)26-12-14-6-4-3-5-7-14/h3-11,17-23H,12-13H2,1-2H3/t17-,18+,19-,20-,21?,22+/m1/s1. The van der Waals surface area contributed by atoms with E-state index in [4.69, 9.17) is 28.4 Å². The van der Waals surface area contributed by atoms with E-state index in [1.165, 1.54) is 7.11 Å². The Balaban J connectivity index is 1.45. The van der Waals surface area contributed by atoms with Crippen molar-refractivity contribution < 1.29 is 33.5 Å². The van der Waals surface area contributed by atoms with Gasteiger partial charge in [0, 0.05) is 12.7 Å². The molecule has 0 saturated carbocycles. The van der Waals surface area contributed by atoms with Gasteiger partial charge in [-0.1, -0.05) is 42.5 Å². The molecule has 1 unspecified atom stereocenters. The number of aliphatic hydroxyl groups excluding tert-OH is 1. The van der Waals surface area contributed by atoms with Crippen molar-refractivity contribution in [1.82, 2.24) is 0 Å². The highest BCUT2D eigenvalue weighted by Gasteiger charge is 2.50. The Morgan fingerprint density at radius 3 is 2.45 bits per heavy atom. The van der Waals surface area contributed by atoms with Gasteiger partial charge < -0.3 is 33.5 Å². The van der Waals surface area contributed by atoms with E-state index in [2.05, 4.69) is 0 Å². The van der Waals surface area contributed by atoms with Crippen molar-refractivity contribution in [2.24, 2.45) is 0 Å². The molecule has 29 heavy (non-hydrogen) atoms. The van der Waals surface area contributed by atoms with Crippen LogP contribution < -0.4 is 4.74 Å². The molecule has 0 amide bonds. The van der Waals surface area contributed by atoms with Crippen molar-refractivity contribution in [3.05, 3.63) is 65.7 Å². The molecule has 4 rings (SSSR count). The first-order valence-electron chi connectivity index (χ1n) is 9.62. The van der Waals surface area contributed by atoms with E-state index in [1.807, 2.05) is 54.6 Å². The topological polar surface area (TPSA) is 75.6 Å². The Morgan fingerprint density at radius 2 is 1.76 bits per heavy atom. The quantitative estimate of drug-likeness (QED) is 0.795. The minimum Gasteiger partial charge on any atom is -0.497 e. The molecule has 0 aromatic heterocycles. The molecular formula is C22H26O7. The fraction of sp³-hybridized carbons (Fsp3) is 0.455. The molecule has 2 saturated heterocycles. The molecule has 0 spiro atoms. The first-order valence-corrected chi connectivity index (χ1v) is 9.62. The molecule has 156 valence electrons. The summed E-state index contributed by atoms with van der Waals surface area (Å²) < 4.78 is 34.4. The van der Waals surface area contributed by atoms with Crippen molar-refractivity contribution in [1.29, 1.82) is 0 Å². The summed E-state index contributed by atoms with van der Waals surface area (Å²) in [6.07, 6.45) is -3.96. The van der Waals surface area contributed by atoms with E-state index < -0.39 is 37.0 Å². The highest BCUT2D eigenvalue weighted by molar-refractivity contribution is 5.28. The van der Waals surface area contributed by atoms with E-state index in [9.17, 15) is 5.11 Å². The van der Waals surface area contributed by atoms with Crippen LogP contribution in [0.3, 0.4) is 0 Å². The number of hydrogen-bond donors (Lipinski definition) is 1. The van der Waals surface area contributed by atoms with Gasteiger partial charge in [-0.3, -0.25) is 0 Å². The van der Waals surface area contributed by atoms with E-state index in [0.29, 0.717) is 6.61 Å². The average molecular weight is 402 g/mol. The molecule has 2 aliphatic heterocycles. The molecule has 2 fully saturated rings. The lowest BCUT2D eigenvalue weighted by Gasteiger charge is -2.47. The van der Waals surface area contributed by atoms with Gasteiger partial charge in [0.1, 0.15) is 30.2 Å². The van der Waals surface area contributed by atoms with Crippen LogP contribution in [0.5, 0.6) is 5.75 Å². The number of fused-ring (bicyclic) bond motifs is 1. The number of benzene rings is 2. The lowest BCUT2D eigenvalue weighted by Crippen LogP contribution is -2.62. The highest BCUT2D eigenvalue weighted by Crippen LogP contribution is 2.35. The zero-order valence-electron chi connectivity index (χ0n) is 16.5. The van der Waals surface area contributed by atoms with Crippen LogP contribution in [0.25, 0.3) is 0 Å². The van der Waals surface area contributed by atoms with Crippen molar-refractivity contribution in [3.8, 4) is 5.75 Å². The van der Waals surface area contributed by atoms with Gasteiger partial charge in [0.15, 0.2) is 12.6 Å². The van der Waals surface area contributed by atoms with E-state index >= 15 is 0 Å². The van der Waals surface area contributed by atoms with Crippen LogP contribution >= 0.6 is 0 Å². The van der Waals surface area contributed by atoms with Crippen molar-refractivity contribution in [3.63, 3.8) is 0 Å². The van der Waals surface area contributed by atoms with E-state index in [-0.39, 0.29) is 6.61 Å². The second-order valence-corrected chi connectivity index (χ2v) is 7.07. The van der Waals surface area contributed by atoms with Crippen LogP contribution in [-0.2, 0) is 30.3 Å². The number of methoxy groups -OCH3 is 2. The van der Waals surface area contributed by atoms with Gasteiger partial charge in [0.2, 0.25) is 0 Å². The van der Waals surface area contributed by atoms with Crippen LogP contribution in [-0.4, -0.2) is 56.6 Å². The summed E-state index contributed by atoms with van der Waals surface area (Å²) in [6.45, 7) is 0.616. The molecule has 7 nitrogen and oxygen atoms in total. The molecule has 2 heterocycles. The van der Waals surface area contributed by atoms with Crippen molar-refractivity contribution in [2.75, 3.05) is 20.8 Å². The van der Waals surface area contributed by atoms with Gasteiger partial charge >= 0.3 is 0 Å². The lowest BCUT2D eigenvalue weighted by atomic mass is 9.97. The zero-order valence-corrected chi connectivity index (χ0v) is 16.5. The lowest BCUT2D eigenvalue weighted by molar-refractivity contribution is -0.363. The summed E-state index contributed by atoms with van der Waals surface area (Å²) in [5.41, 5.74) is 1.84. The van der Waals surface area contributed by atoms with Gasteiger partial charge in [0.25, 0.3) is 0 Å². The van der Waals surface area contributed by atoms with E-state index in [0.717, 1.165) is 16.9 Å². The molecule has 7 heteroatoms. The van der Waals surface area contributed by atoms with Gasteiger partial charge in [-0.15, -0.1) is 0 Å². The number of rotatable bonds is 6. The maximum Gasteiger partial charge on any atom is 0.186 e. The number of aliphatic hydroxyl groups is 1. The molecule has 1 N–H and O–H groups in total. The van der Waals surface area contributed by atoms with Crippen molar-refractivity contribution in [2.45, 2.75) is 43.6 Å². The third-order valence-electron chi connectivity index (χ3n) is 5.21. The minimum atomic E-state index is -0.924. The monoisotopic (exact) mass is 402 g/mol. The summed E-state index contributed by atoms with van der Waals surface area (Å²) in [5.74, 6) is 0.751. The Bertz CT molecular complexity index is 766. The molecule has 2 aliphatic rings. The van der Waals surface area contributed by atoms with Crippen LogP contribution in [0.2, 0.25) is 0 Å². The van der Waals surface area contributed by atoms with Crippen LogP contribution in [0.4, 0.5) is 0 Å². The molecule has 0 aliphatic carbocycles. The fourth-order valence-electron chi connectivity index (χ4n) is 3.63. The third-order valence-corrected chi connectivity index (χ3v) is 5.21. The molecule has 0 bridgehead atoms. The highest BCUT2D eigenvalue weighted by atomic mass is 16.8. The van der Waals surface area contributed by atoms with Crippen LogP contribution in [0, 0.1) is 0 Å². The number of ether oxygens (including phenoxy) is 6. The fourth-order valence-corrected chi connectivity index (χ4v) is 3.63. The maximum atomic E-state index is 11.0. The SMILES string of the molecule is COc1ccc(C2OC[C@H]3O[C@H](OC)[C@H](OCc4ccccc4)[C@@H](O)[C@@H]3O2)cc1. The Hall–Kier alpha value is -2.00. The maximum absolute atomic E-state index is 11.0.